The van der Waals surface area contributed by atoms with Gasteiger partial charge in [-0.15, -0.1) is 0 Å². The molecule has 0 amide bonds. The molecule has 88 valence electrons. The van der Waals surface area contributed by atoms with Gasteiger partial charge in [0.15, 0.2) is 0 Å². The van der Waals surface area contributed by atoms with Crippen molar-refractivity contribution in [2.24, 2.45) is 0 Å². The van der Waals surface area contributed by atoms with Gasteiger partial charge in [0.1, 0.15) is 4.47 Å². The number of halogens is 1. The van der Waals surface area contributed by atoms with E-state index in [1.54, 1.807) is 6.07 Å². The number of unbranched alkanes of at least 4 members (excludes halogenated alkanes) is 1. The number of hydrogen-bond acceptors (Lipinski definition) is 3. The summed E-state index contributed by atoms with van der Waals surface area (Å²) in [6.45, 7) is 3.18. The van der Waals surface area contributed by atoms with Crippen LogP contribution in [0, 0.1) is 10.1 Å². The van der Waals surface area contributed by atoms with Crippen molar-refractivity contribution in [1.29, 1.82) is 0 Å². The van der Waals surface area contributed by atoms with Crippen molar-refractivity contribution >= 4 is 21.6 Å². The van der Waals surface area contributed by atoms with E-state index in [1.807, 2.05) is 6.07 Å². The molecule has 0 fully saturated rings. The van der Waals surface area contributed by atoms with Gasteiger partial charge < -0.3 is 4.74 Å². The van der Waals surface area contributed by atoms with Gasteiger partial charge in [0.05, 0.1) is 11.5 Å². The van der Waals surface area contributed by atoms with Crippen LogP contribution in [0.2, 0.25) is 0 Å². The van der Waals surface area contributed by atoms with E-state index in [9.17, 15) is 10.1 Å². The predicted molar refractivity (Wildman–Crippen MR) is 65.4 cm³/mol. The zero-order valence-corrected chi connectivity index (χ0v) is 10.7. The average molecular weight is 288 g/mol. The summed E-state index contributed by atoms with van der Waals surface area (Å²) in [7, 11) is 0. The van der Waals surface area contributed by atoms with Gasteiger partial charge in [0, 0.05) is 12.7 Å². The molecule has 0 N–H and O–H groups in total. The van der Waals surface area contributed by atoms with Gasteiger partial charge in [0.2, 0.25) is 0 Å². The van der Waals surface area contributed by atoms with Crippen LogP contribution < -0.4 is 0 Å². The van der Waals surface area contributed by atoms with Crippen molar-refractivity contribution in [3.05, 3.63) is 38.3 Å². The van der Waals surface area contributed by atoms with Gasteiger partial charge in [-0.1, -0.05) is 25.5 Å². The maximum Gasteiger partial charge on any atom is 0.283 e. The summed E-state index contributed by atoms with van der Waals surface area (Å²) in [5.41, 5.74) is 0.891. The minimum absolute atomic E-state index is 0.0802. The Morgan fingerprint density at radius 2 is 2.25 bits per heavy atom. The maximum atomic E-state index is 10.7. The Kier molecular flexibility index (Phi) is 5.42. The molecule has 1 aromatic carbocycles. The Morgan fingerprint density at radius 1 is 1.50 bits per heavy atom. The summed E-state index contributed by atoms with van der Waals surface area (Å²) in [4.78, 5) is 10.3. The molecule has 0 atom stereocenters. The molecule has 0 aromatic heterocycles. The maximum absolute atomic E-state index is 10.7. The molecule has 16 heavy (non-hydrogen) atoms. The van der Waals surface area contributed by atoms with Crippen molar-refractivity contribution in [2.75, 3.05) is 6.61 Å². The predicted octanol–water partition coefficient (Wildman–Crippen LogP) is 3.67. The van der Waals surface area contributed by atoms with Crippen molar-refractivity contribution in [1.82, 2.24) is 0 Å². The average Bonchev–Trinajstić information content (AvgIpc) is 2.26. The lowest BCUT2D eigenvalue weighted by molar-refractivity contribution is -0.385. The Balaban J connectivity index is 2.66. The van der Waals surface area contributed by atoms with E-state index in [-0.39, 0.29) is 5.69 Å². The third kappa shape index (κ3) is 3.57. The minimum atomic E-state index is -0.403. The van der Waals surface area contributed by atoms with Crippen molar-refractivity contribution in [3.8, 4) is 0 Å². The highest BCUT2D eigenvalue weighted by Gasteiger charge is 2.14. The quantitative estimate of drug-likeness (QED) is 0.456. The highest BCUT2D eigenvalue weighted by atomic mass is 79.9. The molecular weight excluding hydrogens is 274 g/mol. The first-order valence-corrected chi connectivity index (χ1v) is 5.95. The SMILES string of the molecule is CCCCOCc1cccc([N+](=O)[O-])c1Br. The summed E-state index contributed by atoms with van der Waals surface area (Å²) in [5, 5.41) is 10.7. The van der Waals surface area contributed by atoms with Crippen molar-refractivity contribution < 1.29 is 9.66 Å². The van der Waals surface area contributed by atoms with Gasteiger partial charge >= 0.3 is 0 Å². The van der Waals surface area contributed by atoms with Crippen LogP contribution in [0.4, 0.5) is 5.69 Å². The molecule has 0 bridgehead atoms. The highest BCUT2D eigenvalue weighted by Crippen LogP contribution is 2.28. The third-order valence-corrected chi connectivity index (χ3v) is 3.07. The van der Waals surface area contributed by atoms with Crippen molar-refractivity contribution in [2.45, 2.75) is 26.4 Å². The molecule has 0 aliphatic heterocycles. The number of nitro groups is 1. The summed E-state index contributed by atoms with van der Waals surface area (Å²) in [6.07, 6.45) is 2.09. The second kappa shape index (κ2) is 6.60. The Labute approximate surface area is 103 Å². The van der Waals surface area contributed by atoms with Crippen molar-refractivity contribution in [3.63, 3.8) is 0 Å². The summed E-state index contributed by atoms with van der Waals surface area (Å²) in [5.74, 6) is 0. The molecule has 4 nitrogen and oxygen atoms in total. The van der Waals surface area contributed by atoms with Crippen LogP contribution in [-0.4, -0.2) is 11.5 Å². The highest BCUT2D eigenvalue weighted by molar-refractivity contribution is 9.10. The first-order valence-electron chi connectivity index (χ1n) is 5.16. The fraction of sp³-hybridized carbons (Fsp3) is 0.455. The number of ether oxygens (including phenoxy) is 1. The molecule has 0 aliphatic carbocycles. The molecule has 0 unspecified atom stereocenters. The second-order valence-corrected chi connectivity index (χ2v) is 4.21. The molecule has 0 heterocycles. The van der Waals surface area contributed by atoms with Gasteiger partial charge in [0.25, 0.3) is 5.69 Å². The van der Waals surface area contributed by atoms with Gasteiger partial charge in [-0.25, -0.2) is 0 Å². The first-order chi connectivity index (χ1) is 7.66. The lowest BCUT2D eigenvalue weighted by Crippen LogP contribution is -1.98. The summed E-state index contributed by atoms with van der Waals surface area (Å²) >= 11 is 3.23. The Hall–Kier alpha value is -0.940. The number of nitrogens with zero attached hydrogens (tertiary/aromatic N) is 1. The Bertz CT molecular complexity index is 368. The van der Waals surface area contributed by atoms with Crippen LogP contribution in [0.3, 0.4) is 0 Å². The van der Waals surface area contributed by atoms with E-state index in [0.29, 0.717) is 17.7 Å². The molecule has 0 saturated carbocycles. The molecule has 5 heteroatoms. The van der Waals surface area contributed by atoms with E-state index < -0.39 is 4.92 Å². The molecule has 0 aliphatic rings. The minimum Gasteiger partial charge on any atom is -0.377 e. The second-order valence-electron chi connectivity index (χ2n) is 3.41. The molecular formula is C11H14BrNO3. The summed E-state index contributed by atoms with van der Waals surface area (Å²) in [6, 6.07) is 4.96. The normalized spacial score (nSPS) is 10.4. The zero-order valence-electron chi connectivity index (χ0n) is 9.11. The van der Waals surface area contributed by atoms with Crippen LogP contribution in [0.15, 0.2) is 22.7 Å². The lowest BCUT2D eigenvalue weighted by Gasteiger charge is -2.05. The number of rotatable bonds is 6. The van der Waals surface area contributed by atoms with Crippen LogP contribution in [0.1, 0.15) is 25.3 Å². The number of hydrogen-bond donors (Lipinski definition) is 0. The van der Waals surface area contributed by atoms with Crippen LogP contribution >= 0.6 is 15.9 Å². The molecule has 1 rings (SSSR count). The summed E-state index contributed by atoms with van der Waals surface area (Å²) < 4.78 is 5.93. The van der Waals surface area contributed by atoms with Crippen LogP contribution in [0.5, 0.6) is 0 Å². The first kappa shape index (κ1) is 13.1. The standard InChI is InChI=1S/C11H14BrNO3/c1-2-3-7-16-8-9-5-4-6-10(11(9)12)13(14)15/h4-6H,2-3,7-8H2,1H3. The largest absolute Gasteiger partial charge is 0.377 e. The lowest BCUT2D eigenvalue weighted by atomic mass is 10.2. The molecule has 0 radical (unpaired) electrons. The monoisotopic (exact) mass is 287 g/mol. The number of nitro benzene ring substituents is 1. The zero-order chi connectivity index (χ0) is 12.0. The van der Waals surface area contributed by atoms with E-state index in [4.69, 9.17) is 4.74 Å². The van der Waals surface area contributed by atoms with Gasteiger partial charge in [-0.05, 0) is 27.9 Å². The Morgan fingerprint density at radius 3 is 2.88 bits per heavy atom. The van der Waals surface area contributed by atoms with Gasteiger partial charge in [-0.3, -0.25) is 10.1 Å². The third-order valence-electron chi connectivity index (χ3n) is 2.15. The number of benzene rings is 1. The molecule has 0 saturated heterocycles. The fourth-order valence-electron chi connectivity index (χ4n) is 1.25. The molecule has 0 spiro atoms. The fourth-order valence-corrected chi connectivity index (χ4v) is 1.77. The van der Waals surface area contributed by atoms with E-state index in [0.717, 1.165) is 18.4 Å². The van der Waals surface area contributed by atoms with E-state index >= 15 is 0 Å². The molecule has 1 aromatic rings. The van der Waals surface area contributed by atoms with Crippen LogP contribution in [-0.2, 0) is 11.3 Å². The topological polar surface area (TPSA) is 52.4 Å². The smallest absolute Gasteiger partial charge is 0.283 e. The van der Waals surface area contributed by atoms with Gasteiger partial charge in [-0.2, -0.15) is 0 Å². The van der Waals surface area contributed by atoms with Crippen LogP contribution in [0.25, 0.3) is 0 Å². The van der Waals surface area contributed by atoms with E-state index in [2.05, 4.69) is 22.9 Å². The van der Waals surface area contributed by atoms with E-state index in [1.165, 1.54) is 6.07 Å².